The minimum absolute atomic E-state index is 0.554. The zero-order valence-electron chi connectivity index (χ0n) is 43.4. The van der Waals surface area contributed by atoms with Crippen molar-refractivity contribution in [1.29, 1.82) is 0 Å². The molecule has 0 fully saturated rings. The van der Waals surface area contributed by atoms with Gasteiger partial charge in [0.05, 0.1) is 27.8 Å². The third-order valence-electron chi connectivity index (χ3n) is 15.5. The highest BCUT2D eigenvalue weighted by Crippen LogP contribution is 2.44. The summed E-state index contributed by atoms with van der Waals surface area (Å²) in [4.78, 5) is 20.8. The molecule has 0 saturated carbocycles. The molecule has 6 nitrogen and oxygen atoms in total. The third-order valence-corrected chi connectivity index (χ3v) is 15.5. The van der Waals surface area contributed by atoms with E-state index < -0.39 is 0 Å². The van der Waals surface area contributed by atoms with Crippen molar-refractivity contribution >= 4 is 43.6 Å². The minimum Gasteiger partial charge on any atom is -0.309 e. The lowest BCUT2D eigenvalue weighted by molar-refractivity contribution is 1.07. The minimum atomic E-state index is 0.554. The molecular formula is C74H48N6. The van der Waals surface area contributed by atoms with Crippen LogP contribution in [0.2, 0.25) is 0 Å². The Hall–Kier alpha value is -10.8. The number of aromatic nitrogens is 6. The highest BCUT2D eigenvalue weighted by atomic mass is 15.0. The standard InChI is InChI=1S/C74H48N6/c1-7-19-49(20-8-1)55-31-37-67-62(43-55)63-44-56(50-21-9-2-10-22-50)32-38-68(63)79(67)59-35-36-60(74-77-72(53-27-15-5-16-28-53)76-73(78-74)54-29-17-6-18-30-54)61(47-59)66-48-75-42-41-71(66)80-69-39-33-57(51-23-11-3-12-24-51)45-64(69)65-46-58(34-40-70(65)80)52-25-13-4-14-26-52/h1-48H. The third kappa shape index (κ3) is 8.22. The van der Waals surface area contributed by atoms with Gasteiger partial charge in [-0.2, -0.15) is 0 Å². The predicted molar refractivity (Wildman–Crippen MR) is 330 cm³/mol. The van der Waals surface area contributed by atoms with Crippen molar-refractivity contribution < 1.29 is 0 Å². The van der Waals surface area contributed by atoms with Crippen LogP contribution in [-0.2, 0) is 0 Å². The Kier molecular flexibility index (Phi) is 11.4. The van der Waals surface area contributed by atoms with Crippen LogP contribution < -0.4 is 0 Å². The van der Waals surface area contributed by atoms with Crippen molar-refractivity contribution in [1.82, 2.24) is 29.1 Å². The topological polar surface area (TPSA) is 61.4 Å². The lowest BCUT2D eigenvalue weighted by Crippen LogP contribution is -2.04. The number of rotatable bonds is 10. The highest BCUT2D eigenvalue weighted by Gasteiger charge is 2.24. The van der Waals surface area contributed by atoms with E-state index in [4.69, 9.17) is 19.9 Å². The molecule has 0 saturated heterocycles. The first-order chi connectivity index (χ1) is 39.7. The van der Waals surface area contributed by atoms with Crippen LogP contribution in [0.25, 0.3) is 145 Å². The molecule has 80 heavy (non-hydrogen) atoms. The average molecular weight is 1020 g/mol. The molecule has 6 heteroatoms. The molecule has 0 bridgehead atoms. The van der Waals surface area contributed by atoms with Gasteiger partial charge in [0.1, 0.15) is 0 Å². The maximum atomic E-state index is 5.37. The lowest BCUT2D eigenvalue weighted by Gasteiger charge is -2.19. The largest absolute Gasteiger partial charge is 0.309 e. The van der Waals surface area contributed by atoms with Crippen molar-refractivity contribution in [3.8, 4) is 101 Å². The van der Waals surface area contributed by atoms with Gasteiger partial charge >= 0.3 is 0 Å². The fourth-order valence-electron chi connectivity index (χ4n) is 11.6. The smallest absolute Gasteiger partial charge is 0.164 e. The summed E-state index contributed by atoms with van der Waals surface area (Å²) in [6.45, 7) is 0. The van der Waals surface area contributed by atoms with E-state index in [0.717, 1.165) is 94.3 Å². The summed E-state index contributed by atoms with van der Waals surface area (Å²) in [7, 11) is 0. The van der Waals surface area contributed by atoms with E-state index in [1.165, 1.54) is 33.0 Å². The van der Waals surface area contributed by atoms with Gasteiger partial charge in [-0.3, -0.25) is 4.98 Å². The molecule has 0 amide bonds. The molecule has 15 rings (SSSR count). The molecular weight excluding hydrogens is 973 g/mol. The van der Waals surface area contributed by atoms with Crippen LogP contribution in [0.5, 0.6) is 0 Å². The molecule has 0 unspecified atom stereocenters. The van der Waals surface area contributed by atoms with Crippen molar-refractivity contribution in [2.24, 2.45) is 0 Å². The molecule has 15 aromatic rings. The molecule has 4 aromatic heterocycles. The fraction of sp³-hybridized carbons (Fsp3) is 0. The quantitative estimate of drug-likeness (QED) is 0.137. The average Bonchev–Trinajstić information content (AvgIpc) is 4.12. The van der Waals surface area contributed by atoms with Gasteiger partial charge in [-0.1, -0.05) is 206 Å². The predicted octanol–water partition coefficient (Wildman–Crippen LogP) is 18.8. The number of fused-ring (bicyclic) bond motifs is 6. The van der Waals surface area contributed by atoms with E-state index in [0.29, 0.717) is 17.5 Å². The van der Waals surface area contributed by atoms with Gasteiger partial charge in [-0.15, -0.1) is 0 Å². The summed E-state index contributed by atoms with van der Waals surface area (Å²) in [6.07, 6.45) is 3.91. The molecule has 0 aliphatic carbocycles. The van der Waals surface area contributed by atoms with Crippen molar-refractivity contribution in [3.05, 3.63) is 291 Å². The van der Waals surface area contributed by atoms with Crippen LogP contribution in [0.4, 0.5) is 0 Å². The molecule has 0 N–H and O–H groups in total. The summed E-state index contributed by atoms with van der Waals surface area (Å²) in [5, 5.41) is 4.64. The molecule has 0 aliphatic rings. The van der Waals surface area contributed by atoms with Gasteiger partial charge in [0.2, 0.25) is 0 Å². The Balaban J connectivity index is 1.01. The Morgan fingerprint density at radius 1 is 0.237 bits per heavy atom. The normalized spacial score (nSPS) is 11.5. The fourth-order valence-corrected chi connectivity index (χ4v) is 11.6. The van der Waals surface area contributed by atoms with Gasteiger partial charge in [0.25, 0.3) is 0 Å². The van der Waals surface area contributed by atoms with Gasteiger partial charge in [-0.05, 0) is 123 Å². The number of hydrogen-bond donors (Lipinski definition) is 0. The van der Waals surface area contributed by atoms with Gasteiger partial charge in [0.15, 0.2) is 17.5 Å². The molecule has 0 radical (unpaired) electrons. The second-order valence-electron chi connectivity index (χ2n) is 20.2. The molecule has 0 spiro atoms. The zero-order valence-corrected chi connectivity index (χ0v) is 43.4. The van der Waals surface area contributed by atoms with Gasteiger partial charge in [-0.25, -0.2) is 15.0 Å². The summed E-state index contributed by atoms with van der Waals surface area (Å²) in [5.41, 5.74) is 20.1. The Morgan fingerprint density at radius 3 is 0.975 bits per heavy atom. The van der Waals surface area contributed by atoms with Gasteiger partial charge in [0, 0.05) is 61.9 Å². The van der Waals surface area contributed by atoms with Crippen LogP contribution >= 0.6 is 0 Å². The van der Waals surface area contributed by atoms with Crippen LogP contribution in [-0.4, -0.2) is 29.1 Å². The summed E-state index contributed by atoms with van der Waals surface area (Å²) in [5.74, 6) is 1.73. The SMILES string of the molecule is c1ccc(-c2ccc3c(c2)c2cc(-c4ccccc4)ccc2n3-c2ccc(-c3nc(-c4ccccc4)nc(-c4ccccc4)n3)c(-c3cnccc3-n3c4ccc(-c5ccccc5)cc4c4cc(-c5ccccc5)ccc43)c2)cc1. The number of hydrogen-bond acceptors (Lipinski definition) is 4. The first-order valence-corrected chi connectivity index (χ1v) is 27.0. The van der Waals surface area contributed by atoms with Crippen molar-refractivity contribution in [2.45, 2.75) is 0 Å². The monoisotopic (exact) mass is 1020 g/mol. The van der Waals surface area contributed by atoms with Gasteiger partial charge < -0.3 is 9.13 Å². The first kappa shape index (κ1) is 46.5. The van der Waals surface area contributed by atoms with Crippen molar-refractivity contribution in [3.63, 3.8) is 0 Å². The molecule has 4 heterocycles. The van der Waals surface area contributed by atoms with E-state index in [2.05, 4.69) is 252 Å². The van der Waals surface area contributed by atoms with E-state index in [1.54, 1.807) is 0 Å². The number of benzene rings is 11. The molecule has 11 aromatic carbocycles. The number of pyridine rings is 1. The van der Waals surface area contributed by atoms with Crippen LogP contribution in [0.1, 0.15) is 0 Å². The maximum absolute atomic E-state index is 5.37. The Morgan fingerprint density at radius 2 is 0.588 bits per heavy atom. The summed E-state index contributed by atoms with van der Waals surface area (Å²) >= 11 is 0. The Bertz CT molecular complexity index is 4530. The van der Waals surface area contributed by atoms with Crippen LogP contribution in [0.3, 0.4) is 0 Å². The zero-order chi connectivity index (χ0) is 52.9. The van der Waals surface area contributed by atoms with Crippen molar-refractivity contribution in [2.75, 3.05) is 0 Å². The molecule has 374 valence electrons. The maximum Gasteiger partial charge on any atom is 0.164 e. The van der Waals surface area contributed by atoms with E-state index in [-0.39, 0.29) is 0 Å². The highest BCUT2D eigenvalue weighted by molar-refractivity contribution is 6.13. The molecule has 0 aliphatic heterocycles. The van der Waals surface area contributed by atoms with E-state index in [9.17, 15) is 0 Å². The second-order valence-corrected chi connectivity index (χ2v) is 20.2. The first-order valence-electron chi connectivity index (χ1n) is 27.0. The van der Waals surface area contributed by atoms with E-state index in [1.807, 2.05) is 48.8 Å². The Labute approximate surface area is 462 Å². The number of nitrogens with zero attached hydrogens (tertiary/aromatic N) is 6. The second kappa shape index (κ2) is 19.6. The summed E-state index contributed by atoms with van der Waals surface area (Å²) in [6, 6.07) is 99.3. The summed E-state index contributed by atoms with van der Waals surface area (Å²) < 4.78 is 4.82. The molecule has 0 atom stereocenters. The van der Waals surface area contributed by atoms with Crippen LogP contribution in [0, 0.1) is 0 Å². The van der Waals surface area contributed by atoms with Crippen LogP contribution in [0.15, 0.2) is 291 Å². The lowest BCUT2D eigenvalue weighted by atomic mass is 9.97. The van der Waals surface area contributed by atoms with E-state index >= 15 is 0 Å².